The van der Waals surface area contributed by atoms with E-state index >= 15 is 0 Å². The standard InChI is InChI=1S/C22H26N4O/c1-24-17-18(20-7-2-3-8-21(20)24)16-22(27)26-14-12-25(13-15-26)11-9-19-6-4-5-10-23-19/h2-8,10,17H,9,11-16H2,1H3. The first-order valence-electron chi connectivity index (χ1n) is 9.64. The van der Waals surface area contributed by atoms with Crippen LogP contribution in [-0.2, 0) is 24.7 Å². The molecule has 0 N–H and O–H groups in total. The summed E-state index contributed by atoms with van der Waals surface area (Å²) in [7, 11) is 2.04. The van der Waals surface area contributed by atoms with Crippen molar-refractivity contribution in [3.8, 4) is 0 Å². The lowest BCUT2D eigenvalue weighted by Crippen LogP contribution is -2.49. The van der Waals surface area contributed by atoms with Crippen LogP contribution in [0.5, 0.6) is 0 Å². The first-order valence-corrected chi connectivity index (χ1v) is 9.64. The van der Waals surface area contributed by atoms with Crippen LogP contribution in [-0.4, -0.2) is 58.0 Å². The Balaban J connectivity index is 1.31. The summed E-state index contributed by atoms with van der Waals surface area (Å²) >= 11 is 0. The van der Waals surface area contributed by atoms with Gasteiger partial charge < -0.3 is 9.47 Å². The van der Waals surface area contributed by atoms with E-state index in [1.807, 2.05) is 42.4 Å². The number of rotatable bonds is 5. The molecule has 140 valence electrons. The Morgan fingerprint density at radius 2 is 1.81 bits per heavy atom. The highest BCUT2D eigenvalue weighted by Crippen LogP contribution is 2.21. The number of pyridine rings is 1. The Morgan fingerprint density at radius 1 is 1.04 bits per heavy atom. The zero-order valence-electron chi connectivity index (χ0n) is 15.8. The topological polar surface area (TPSA) is 41.4 Å². The molecule has 5 heteroatoms. The van der Waals surface area contributed by atoms with Gasteiger partial charge in [0.2, 0.25) is 5.91 Å². The number of aromatic nitrogens is 2. The lowest BCUT2D eigenvalue weighted by atomic mass is 10.1. The molecule has 0 atom stereocenters. The smallest absolute Gasteiger partial charge is 0.227 e. The molecule has 0 saturated carbocycles. The number of fused-ring (bicyclic) bond motifs is 1. The van der Waals surface area contributed by atoms with Crippen LogP contribution in [0, 0.1) is 0 Å². The fraction of sp³-hybridized carbons (Fsp3) is 0.364. The monoisotopic (exact) mass is 362 g/mol. The van der Waals surface area contributed by atoms with Crippen molar-refractivity contribution in [1.29, 1.82) is 0 Å². The van der Waals surface area contributed by atoms with Crippen molar-refractivity contribution in [1.82, 2.24) is 19.4 Å². The third kappa shape index (κ3) is 4.03. The summed E-state index contributed by atoms with van der Waals surface area (Å²) in [5, 5.41) is 1.18. The van der Waals surface area contributed by atoms with Crippen LogP contribution in [0.4, 0.5) is 0 Å². The largest absolute Gasteiger partial charge is 0.350 e. The van der Waals surface area contributed by atoms with Crippen molar-refractivity contribution in [3.63, 3.8) is 0 Å². The molecule has 5 nitrogen and oxygen atoms in total. The highest BCUT2D eigenvalue weighted by molar-refractivity contribution is 5.89. The third-order valence-corrected chi connectivity index (χ3v) is 5.46. The van der Waals surface area contributed by atoms with Crippen molar-refractivity contribution in [2.75, 3.05) is 32.7 Å². The molecule has 1 fully saturated rings. The van der Waals surface area contributed by atoms with Crippen LogP contribution in [0.25, 0.3) is 10.9 Å². The summed E-state index contributed by atoms with van der Waals surface area (Å²) in [6.45, 7) is 4.50. The van der Waals surface area contributed by atoms with Crippen molar-refractivity contribution in [3.05, 3.63) is 66.1 Å². The van der Waals surface area contributed by atoms with E-state index in [1.165, 1.54) is 10.9 Å². The maximum atomic E-state index is 12.8. The van der Waals surface area contributed by atoms with Crippen LogP contribution < -0.4 is 0 Å². The number of benzene rings is 1. The van der Waals surface area contributed by atoms with E-state index in [-0.39, 0.29) is 5.91 Å². The normalized spacial score (nSPS) is 15.4. The number of amides is 1. The quantitative estimate of drug-likeness (QED) is 0.700. The van der Waals surface area contributed by atoms with Gasteiger partial charge in [-0.2, -0.15) is 0 Å². The molecule has 4 rings (SSSR count). The lowest BCUT2D eigenvalue weighted by Gasteiger charge is -2.34. The second kappa shape index (κ2) is 7.92. The van der Waals surface area contributed by atoms with Gasteiger partial charge in [-0.25, -0.2) is 0 Å². The first kappa shape index (κ1) is 17.7. The van der Waals surface area contributed by atoms with Crippen molar-refractivity contribution in [2.45, 2.75) is 12.8 Å². The zero-order valence-corrected chi connectivity index (χ0v) is 15.8. The average Bonchev–Trinajstić information content (AvgIpc) is 3.03. The lowest BCUT2D eigenvalue weighted by molar-refractivity contribution is -0.132. The molecular weight excluding hydrogens is 336 g/mol. The Hall–Kier alpha value is -2.66. The third-order valence-electron chi connectivity index (χ3n) is 5.46. The van der Waals surface area contributed by atoms with Crippen molar-refractivity contribution in [2.24, 2.45) is 7.05 Å². The van der Waals surface area contributed by atoms with Crippen LogP contribution >= 0.6 is 0 Å². The average molecular weight is 362 g/mol. The molecule has 1 aromatic carbocycles. The minimum atomic E-state index is 0.232. The van der Waals surface area contributed by atoms with Crippen LogP contribution in [0.15, 0.2) is 54.9 Å². The van der Waals surface area contributed by atoms with Gasteiger partial charge in [0.25, 0.3) is 0 Å². The highest BCUT2D eigenvalue weighted by Gasteiger charge is 2.22. The summed E-state index contributed by atoms with van der Waals surface area (Å²) in [4.78, 5) is 21.6. The summed E-state index contributed by atoms with van der Waals surface area (Å²) in [6, 6.07) is 14.3. The molecule has 2 aromatic heterocycles. The summed E-state index contributed by atoms with van der Waals surface area (Å²) < 4.78 is 2.10. The maximum Gasteiger partial charge on any atom is 0.227 e. The predicted molar refractivity (Wildman–Crippen MR) is 108 cm³/mol. The van der Waals surface area contributed by atoms with Gasteiger partial charge in [-0.05, 0) is 23.8 Å². The van der Waals surface area contributed by atoms with Crippen LogP contribution in [0.2, 0.25) is 0 Å². The Kier molecular flexibility index (Phi) is 5.21. The van der Waals surface area contributed by atoms with Gasteiger partial charge in [-0.3, -0.25) is 14.7 Å². The second-order valence-corrected chi connectivity index (χ2v) is 7.25. The van der Waals surface area contributed by atoms with E-state index in [1.54, 1.807) is 0 Å². The van der Waals surface area contributed by atoms with E-state index in [4.69, 9.17) is 0 Å². The van der Waals surface area contributed by atoms with Gasteiger partial charge in [0.15, 0.2) is 0 Å². The number of piperazine rings is 1. The second-order valence-electron chi connectivity index (χ2n) is 7.25. The number of hydrogen-bond donors (Lipinski definition) is 0. The van der Waals surface area contributed by atoms with Gasteiger partial charge in [0, 0.05) is 75.2 Å². The van der Waals surface area contributed by atoms with E-state index in [9.17, 15) is 4.79 Å². The number of nitrogens with zero attached hydrogens (tertiary/aromatic N) is 4. The summed E-state index contributed by atoms with van der Waals surface area (Å²) in [5.74, 6) is 0.232. The van der Waals surface area contributed by atoms with Crippen LogP contribution in [0.3, 0.4) is 0 Å². The molecule has 1 aliphatic heterocycles. The molecule has 1 saturated heterocycles. The molecule has 0 aliphatic carbocycles. The van der Waals surface area contributed by atoms with E-state index in [0.717, 1.165) is 50.4 Å². The molecule has 0 radical (unpaired) electrons. The fourth-order valence-electron chi connectivity index (χ4n) is 3.88. The Labute approximate surface area is 160 Å². The molecular formula is C22H26N4O. The molecule has 27 heavy (non-hydrogen) atoms. The molecule has 0 bridgehead atoms. The number of carbonyl (C=O) groups is 1. The van der Waals surface area contributed by atoms with E-state index < -0.39 is 0 Å². The van der Waals surface area contributed by atoms with E-state index in [2.05, 4.69) is 38.8 Å². The Morgan fingerprint density at radius 3 is 2.59 bits per heavy atom. The summed E-state index contributed by atoms with van der Waals surface area (Å²) in [5.41, 5.74) is 3.43. The molecule has 1 aliphatic rings. The van der Waals surface area contributed by atoms with Crippen LogP contribution in [0.1, 0.15) is 11.3 Å². The SMILES string of the molecule is Cn1cc(CC(=O)N2CCN(CCc3ccccn3)CC2)c2ccccc21. The van der Waals surface area contributed by atoms with E-state index in [0.29, 0.717) is 6.42 Å². The van der Waals surface area contributed by atoms with Gasteiger partial charge in [-0.1, -0.05) is 24.3 Å². The van der Waals surface area contributed by atoms with Gasteiger partial charge in [0.1, 0.15) is 0 Å². The zero-order chi connectivity index (χ0) is 18.6. The molecule has 3 heterocycles. The number of para-hydroxylation sites is 1. The molecule has 0 spiro atoms. The molecule has 3 aromatic rings. The summed E-state index contributed by atoms with van der Waals surface area (Å²) in [6.07, 6.45) is 5.38. The Bertz CT molecular complexity index is 910. The first-order chi connectivity index (χ1) is 13.2. The maximum absolute atomic E-state index is 12.8. The minimum absolute atomic E-state index is 0.232. The number of hydrogen-bond acceptors (Lipinski definition) is 3. The van der Waals surface area contributed by atoms with Crippen molar-refractivity contribution >= 4 is 16.8 Å². The molecule has 0 unspecified atom stereocenters. The van der Waals surface area contributed by atoms with Gasteiger partial charge in [-0.15, -0.1) is 0 Å². The highest BCUT2D eigenvalue weighted by atomic mass is 16.2. The number of carbonyl (C=O) groups excluding carboxylic acids is 1. The molecule has 1 amide bonds. The number of aryl methyl sites for hydroxylation is 1. The fourth-order valence-corrected chi connectivity index (χ4v) is 3.88. The van der Waals surface area contributed by atoms with Gasteiger partial charge in [0.05, 0.1) is 6.42 Å². The minimum Gasteiger partial charge on any atom is -0.350 e. The predicted octanol–water partition coefficient (Wildman–Crippen LogP) is 2.50. The van der Waals surface area contributed by atoms with Gasteiger partial charge >= 0.3 is 0 Å². The van der Waals surface area contributed by atoms with Crippen molar-refractivity contribution < 1.29 is 4.79 Å².